The molecule has 0 fully saturated rings. The molecule has 2 N–H and O–H groups in total. The van der Waals surface area contributed by atoms with E-state index in [1.165, 1.54) is 0 Å². The van der Waals surface area contributed by atoms with E-state index in [9.17, 15) is 4.79 Å². The monoisotopic (exact) mass is 358 g/mol. The zero-order valence-electron chi connectivity index (χ0n) is 12.0. The minimum absolute atomic E-state index is 0.0772. The van der Waals surface area contributed by atoms with Gasteiger partial charge in [-0.05, 0) is 41.5 Å². The molecule has 1 heterocycles. The van der Waals surface area contributed by atoms with Gasteiger partial charge < -0.3 is 15.4 Å². The summed E-state index contributed by atoms with van der Waals surface area (Å²) in [5.41, 5.74) is 3.55. The molecule has 1 aliphatic rings. The molecule has 22 heavy (non-hydrogen) atoms. The topological polar surface area (TPSA) is 50.4 Å². The molecule has 0 radical (unpaired) electrons. The summed E-state index contributed by atoms with van der Waals surface area (Å²) in [7, 11) is 1.63. The van der Waals surface area contributed by atoms with E-state index in [0.717, 1.165) is 27.0 Å². The van der Waals surface area contributed by atoms with Crippen LogP contribution in [0.3, 0.4) is 0 Å². The fourth-order valence-corrected chi connectivity index (χ4v) is 2.87. The average Bonchev–Trinajstić information content (AvgIpc) is 2.54. The molecule has 0 spiro atoms. The minimum atomic E-state index is -0.0772. The average molecular weight is 359 g/mol. The summed E-state index contributed by atoms with van der Waals surface area (Å²) in [5, 5.41) is 6.05. The zero-order valence-corrected chi connectivity index (χ0v) is 13.6. The number of rotatable bonds is 3. The number of anilines is 1. The van der Waals surface area contributed by atoms with Gasteiger partial charge in [0.1, 0.15) is 5.75 Å². The van der Waals surface area contributed by atoms with Crippen molar-refractivity contribution in [2.24, 2.45) is 0 Å². The van der Waals surface area contributed by atoms with Gasteiger partial charge in [-0.2, -0.15) is 0 Å². The molecule has 0 saturated carbocycles. The fraction of sp³-hybridized carbons (Fsp3) is 0.118. The van der Waals surface area contributed by atoms with Crippen LogP contribution in [0.2, 0.25) is 0 Å². The molecule has 5 heteroatoms. The molecule has 1 aliphatic heterocycles. The number of fused-ring (bicyclic) bond motifs is 1. The predicted octanol–water partition coefficient (Wildman–Crippen LogP) is 3.54. The summed E-state index contributed by atoms with van der Waals surface area (Å²) >= 11 is 3.53. The molecule has 0 atom stereocenters. The number of halogens is 1. The van der Waals surface area contributed by atoms with Gasteiger partial charge in [-0.1, -0.05) is 28.1 Å². The third kappa shape index (κ3) is 2.85. The van der Waals surface area contributed by atoms with Crippen LogP contribution in [0.25, 0.3) is 5.57 Å². The van der Waals surface area contributed by atoms with Crippen LogP contribution in [0, 0.1) is 0 Å². The normalized spacial score (nSPS) is 15.2. The van der Waals surface area contributed by atoms with Crippen molar-refractivity contribution in [2.45, 2.75) is 6.54 Å². The van der Waals surface area contributed by atoms with Crippen molar-refractivity contribution in [3.63, 3.8) is 0 Å². The Morgan fingerprint density at radius 1 is 1.23 bits per heavy atom. The highest BCUT2D eigenvalue weighted by atomic mass is 79.9. The van der Waals surface area contributed by atoms with Crippen LogP contribution in [-0.4, -0.2) is 13.0 Å². The maximum Gasteiger partial charge on any atom is 0.253 e. The van der Waals surface area contributed by atoms with Gasteiger partial charge in [0.05, 0.1) is 12.7 Å². The number of nitrogens with one attached hydrogen (secondary N) is 2. The minimum Gasteiger partial charge on any atom is -0.497 e. The summed E-state index contributed by atoms with van der Waals surface area (Å²) in [6, 6.07) is 13.4. The van der Waals surface area contributed by atoms with E-state index in [0.29, 0.717) is 12.1 Å². The number of amides is 1. The van der Waals surface area contributed by atoms with Gasteiger partial charge in [-0.15, -0.1) is 0 Å². The SMILES string of the molecule is COc1ccc(N/C=C2\C(=O)NCc3c(Br)cccc32)cc1. The molecule has 1 amide bonds. The van der Waals surface area contributed by atoms with Crippen molar-refractivity contribution in [2.75, 3.05) is 12.4 Å². The number of benzene rings is 2. The summed E-state index contributed by atoms with van der Waals surface area (Å²) in [6.07, 6.45) is 1.74. The molecule has 2 aromatic rings. The van der Waals surface area contributed by atoms with Crippen LogP contribution in [0.15, 0.2) is 53.1 Å². The quantitative estimate of drug-likeness (QED) is 0.825. The van der Waals surface area contributed by atoms with E-state index in [1.807, 2.05) is 42.5 Å². The van der Waals surface area contributed by atoms with Crippen LogP contribution in [-0.2, 0) is 11.3 Å². The summed E-state index contributed by atoms with van der Waals surface area (Å²) in [5.74, 6) is 0.717. The van der Waals surface area contributed by atoms with Crippen molar-refractivity contribution in [3.8, 4) is 5.75 Å². The molecular formula is C17H15BrN2O2. The largest absolute Gasteiger partial charge is 0.497 e. The van der Waals surface area contributed by atoms with Crippen LogP contribution < -0.4 is 15.4 Å². The van der Waals surface area contributed by atoms with Crippen molar-refractivity contribution < 1.29 is 9.53 Å². The van der Waals surface area contributed by atoms with Gasteiger partial charge in [0.2, 0.25) is 0 Å². The second kappa shape index (κ2) is 6.23. The Balaban J connectivity index is 1.90. The van der Waals surface area contributed by atoms with Gasteiger partial charge in [-0.25, -0.2) is 0 Å². The molecule has 4 nitrogen and oxygen atoms in total. The summed E-state index contributed by atoms with van der Waals surface area (Å²) in [6.45, 7) is 0.537. The third-order valence-corrected chi connectivity index (χ3v) is 4.30. The molecular weight excluding hydrogens is 344 g/mol. The maximum absolute atomic E-state index is 12.1. The van der Waals surface area contributed by atoms with E-state index in [4.69, 9.17) is 4.74 Å². The lowest BCUT2D eigenvalue weighted by Crippen LogP contribution is -2.30. The van der Waals surface area contributed by atoms with Gasteiger partial charge >= 0.3 is 0 Å². The number of methoxy groups -OCH3 is 1. The molecule has 0 aliphatic carbocycles. The third-order valence-electron chi connectivity index (χ3n) is 3.55. The highest BCUT2D eigenvalue weighted by Crippen LogP contribution is 2.29. The number of ether oxygens (including phenoxy) is 1. The van der Waals surface area contributed by atoms with Crippen LogP contribution >= 0.6 is 15.9 Å². The van der Waals surface area contributed by atoms with Gasteiger partial charge in [-0.3, -0.25) is 4.79 Å². The molecule has 0 bridgehead atoms. The van der Waals surface area contributed by atoms with E-state index in [-0.39, 0.29) is 5.91 Å². The highest BCUT2D eigenvalue weighted by molar-refractivity contribution is 9.10. The van der Waals surface area contributed by atoms with E-state index < -0.39 is 0 Å². The Kier molecular flexibility index (Phi) is 4.15. The lowest BCUT2D eigenvalue weighted by molar-refractivity contribution is -0.116. The first-order valence-electron chi connectivity index (χ1n) is 6.86. The van der Waals surface area contributed by atoms with Gasteiger partial charge in [0, 0.05) is 22.9 Å². The Labute approximate surface area is 137 Å². The second-order valence-electron chi connectivity index (χ2n) is 4.88. The number of carbonyl (C=O) groups excluding carboxylic acids is 1. The lowest BCUT2D eigenvalue weighted by atomic mass is 9.96. The van der Waals surface area contributed by atoms with Crippen LogP contribution in [0.4, 0.5) is 5.69 Å². The Morgan fingerprint density at radius 3 is 2.73 bits per heavy atom. The van der Waals surface area contributed by atoms with Crippen molar-refractivity contribution >= 4 is 33.1 Å². The predicted molar refractivity (Wildman–Crippen MR) is 90.6 cm³/mol. The second-order valence-corrected chi connectivity index (χ2v) is 5.73. The fourth-order valence-electron chi connectivity index (χ4n) is 2.36. The summed E-state index contributed by atoms with van der Waals surface area (Å²) in [4.78, 5) is 12.1. The molecule has 2 aromatic carbocycles. The van der Waals surface area contributed by atoms with Crippen molar-refractivity contribution in [1.29, 1.82) is 0 Å². The molecule has 0 unspecified atom stereocenters. The standard InChI is InChI=1S/C17H15BrN2O2/c1-22-12-7-5-11(6-8-12)19-10-15-13-3-2-4-16(18)14(13)9-20-17(15)21/h2-8,10,19H,9H2,1H3,(H,20,21)/b15-10-. The lowest BCUT2D eigenvalue weighted by Gasteiger charge is -2.20. The molecule has 3 rings (SSSR count). The smallest absolute Gasteiger partial charge is 0.253 e. The first kappa shape index (κ1) is 14.7. The number of hydrogen-bond donors (Lipinski definition) is 2. The molecule has 0 aromatic heterocycles. The zero-order chi connectivity index (χ0) is 15.5. The van der Waals surface area contributed by atoms with Gasteiger partial charge in [0.25, 0.3) is 5.91 Å². The summed E-state index contributed by atoms with van der Waals surface area (Å²) < 4.78 is 6.13. The number of hydrogen-bond acceptors (Lipinski definition) is 3. The Hall–Kier alpha value is -2.27. The highest BCUT2D eigenvalue weighted by Gasteiger charge is 2.22. The van der Waals surface area contributed by atoms with Crippen molar-refractivity contribution in [1.82, 2.24) is 5.32 Å². The van der Waals surface area contributed by atoms with E-state index in [2.05, 4.69) is 26.6 Å². The van der Waals surface area contributed by atoms with Gasteiger partial charge in [0.15, 0.2) is 0 Å². The van der Waals surface area contributed by atoms with Crippen molar-refractivity contribution in [3.05, 3.63) is 64.3 Å². The molecule has 112 valence electrons. The first-order chi connectivity index (χ1) is 10.7. The van der Waals surface area contributed by atoms with E-state index >= 15 is 0 Å². The van der Waals surface area contributed by atoms with Crippen LogP contribution in [0.5, 0.6) is 5.75 Å². The maximum atomic E-state index is 12.1. The van der Waals surface area contributed by atoms with Crippen LogP contribution in [0.1, 0.15) is 11.1 Å². The first-order valence-corrected chi connectivity index (χ1v) is 7.65. The number of carbonyl (C=O) groups is 1. The molecule has 0 saturated heterocycles. The Bertz CT molecular complexity index is 739. The Morgan fingerprint density at radius 2 is 2.00 bits per heavy atom. The van der Waals surface area contributed by atoms with E-state index in [1.54, 1.807) is 13.3 Å².